The summed E-state index contributed by atoms with van der Waals surface area (Å²) in [6, 6.07) is 8.93. The third-order valence-corrected chi connectivity index (χ3v) is 5.08. The molecule has 3 heterocycles. The van der Waals surface area contributed by atoms with Gasteiger partial charge in [-0.25, -0.2) is 23.1 Å². The van der Waals surface area contributed by atoms with Gasteiger partial charge in [-0.1, -0.05) is 11.2 Å². The van der Waals surface area contributed by atoms with E-state index in [0.29, 0.717) is 17.5 Å². The summed E-state index contributed by atoms with van der Waals surface area (Å²) in [4.78, 5) is 8.45. The molecular weight excluding hydrogens is 462 g/mol. The average Bonchev–Trinajstić information content (AvgIpc) is 3.42. The van der Waals surface area contributed by atoms with Gasteiger partial charge in [0.25, 0.3) is 0 Å². The van der Waals surface area contributed by atoms with Crippen LogP contribution in [-0.4, -0.2) is 19.7 Å². The standard InChI is InChI=1S/C23H12F6N4O/c24-12-4-5-14(16(8-12)23(27,28)29)19-9-13(34-32-19)10-33-7-6-18-20(11-33)31-22(30-18)15-2-1-3-17(25)21(15)26/h1-9,11H,10H2. The zero-order valence-electron chi connectivity index (χ0n) is 16.9. The van der Waals surface area contributed by atoms with Gasteiger partial charge >= 0.3 is 6.18 Å². The van der Waals surface area contributed by atoms with E-state index in [0.717, 1.165) is 18.2 Å². The topological polar surface area (TPSA) is 56.7 Å². The molecule has 2 aliphatic rings. The maximum absolute atomic E-state index is 14.1. The average molecular weight is 474 g/mol. The number of pyridine rings is 1. The highest BCUT2D eigenvalue weighted by atomic mass is 19.4. The zero-order chi connectivity index (χ0) is 24.0. The molecule has 0 aliphatic carbocycles. The second-order valence-corrected chi connectivity index (χ2v) is 7.40. The van der Waals surface area contributed by atoms with E-state index < -0.39 is 29.2 Å². The highest BCUT2D eigenvalue weighted by molar-refractivity contribution is 5.66. The molecule has 0 atom stereocenters. The van der Waals surface area contributed by atoms with Crippen molar-refractivity contribution in [3.8, 4) is 34.0 Å². The minimum atomic E-state index is -4.77. The molecule has 5 rings (SSSR count). The predicted octanol–water partition coefficient (Wildman–Crippen LogP) is 6.19. The van der Waals surface area contributed by atoms with E-state index in [1.807, 2.05) is 0 Å². The molecule has 5 nitrogen and oxygen atoms in total. The van der Waals surface area contributed by atoms with Crippen molar-refractivity contribution in [3.05, 3.63) is 89.7 Å². The monoisotopic (exact) mass is 474 g/mol. The van der Waals surface area contributed by atoms with E-state index in [9.17, 15) is 26.3 Å². The number of hydrogen-bond donors (Lipinski definition) is 0. The molecule has 0 spiro atoms. The minimum absolute atomic E-state index is 0.0164. The number of hydrogen-bond acceptors (Lipinski definition) is 4. The number of halogens is 6. The Labute approximate surface area is 187 Å². The van der Waals surface area contributed by atoms with Crippen LogP contribution in [0, 0.1) is 17.5 Å². The molecule has 0 radical (unpaired) electrons. The SMILES string of the molecule is Fc1ccc(-c2cc(Cn3ccc4nc(-c5cccc(F)c5F)nc-4c3)on2)c(C(F)(F)F)c1. The number of fused-ring (bicyclic) bond motifs is 1. The van der Waals surface area contributed by atoms with Crippen LogP contribution < -0.4 is 0 Å². The van der Waals surface area contributed by atoms with Crippen molar-refractivity contribution in [1.82, 2.24) is 19.7 Å². The Hall–Kier alpha value is -4.15. The lowest BCUT2D eigenvalue weighted by Crippen LogP contribution is -2.07. The highest BCUT2D eigenvalue weighted by Gasteiger charge is 2.35. The molecule has 0 N–H and O–H groups in total. The number of alkyl halides is 3. The van der Waals surface area contributed by atoms with Gasteiger partial charge in [0.1, 0.15) is 17.2 Å². The third-order valence-electron chi connectivity index (χ3n) is 5.08. The molecule has 0 unspecified atom stereocenters. The van der Waals surface area contributed by atoms with Crippen LogP contribution in [-0.2, 0) is 12.7 Å². The molecule has 0 saturated heterocycles. The quantitative estimate of drug-likeness (QED) is 0.292. The van der Waals surface area contributed by atoms with Gasteiger partial charge in [-0.05, 0) is 36.4 Å². The summed E-state index contributed by atoms with van der Waals surface area (Å²) in [6.45, 7) is 0.0853. The second kappa shape index (κ2) is 8.01. The second-order valence-electron chi connectivity index (χ2n) is 7.40. The zero-order valence-corrected chi connectivity index (χ0v) is 16.9. The van der Waals surface area contributed by atoms with Gasteiger partial charge in [-0.3, -0.25) is 0 Å². The van der Waals surface area contributed by atoms with Crippen LogP contribution in [0.1, 0.15) is 11.3 Å². The number of nitrogens with zero attached hydrogens (tertiary/aromatic N) is 4. The van der Waals surface area contributed by atoms with E-state index in [2.05, 4.69) is 15.1 Å². The van der Waals surface area contributed by atoms with Crippen molar-refractivity contribution in [2.24, 2.45) is 0 Å². The van der Waals surface area contributed by atoms with Gasteiger partial charge in [-0.2, -0.15) is 13.2 Å². The van der Waals surface area contributed by atoms with Crippen molar-refractivity contribution in [1.29, 1.82) is 0 Å². The molecule has 1 aromatic heterocycles. The van der Waals surface area contributed by atoms with Crippen molar-refractivity contribution < 1.29 is 30.9 Å². The van der Waals surface area contributed by atoms with Crippen LogP contribution in [0.25, 0.3) is 34.0 Å². The van der Waals surface area contributed by atoms with Gasteiger partial charge in [0.05, 0.1) is 23.4 Å². The van der Waals surface area contributed by atoms with Crippen molar-refractivity contribution in [2.75, 3.05) is 0 Å². The molecule has 2 aromatic carbocycles. The molecule has 34 heavy (non-hydrogen) atoms. The number of aromatic nitrogens is 4. The lowest BCUT2D eigenvalue weighted by Gasteiger charge is -2.10. The van der Waals surface area contributed by atoms with E-state index in [1.54, 1.807) is 23.0 Å². The highest BCUT2D eigenvalue weighted by Crippen LogP contribution is 2.37. The first-order chi connectivity index (χ1) is 16.2. The van der Waals surface area contributed by atoms with Crippen molar-refractivity contribution in [3.63, 3.8) is 0 Å². The van der Waals surface area contributed by atoms with Crippen molar-refractivity contribution >= 4 is 0 Å². The summed E-state index contributed by atoms with van der Waals surface area (Å²) in [5, 5.41) is 3.69. The normalized spacial score (nSPS) is 11.9. The summed E-state index contributed by atoms with van der Waals surface area (Å²) >= 11 is 0. The number of benzene rings is 2. The minimum Gasteiger partial charge on any atom is -0.359 e. The molecule has 0 bridgehead atoms. The summed E-state index contributed by atoms with van der Waals surface area (Å²) in [6.07, 6.45) is -1.58. The van der Waals surface area contributed by atoms with Gasteiger partial charge < -0.3 is 9.09 Å². The Morgan fingerprint density at radius 1 is 0.853 bits per heavy atom. The van der Waals surface area contributed by atoms with Crippen LogP contribution in [0.5, 0.6) is 0 Å². The molecule has 3 aromatic rings. The van der Waals surface area contributed by atoms with Crippen molar-refractivity contribution in [2.45, 2.75) is 12.7 Å². The Morgan fingerprint density at radius 2 is 1.65 bits per heavy atom. The first kappa shape index (κ1) is 21.7. The largest absolute Gasteiger partial charge is 0.417 e. The predicted molar refractivity (Wildman–Crippen MR) is 108 cm³/mol. The van der Waals surface area contributed by atoms with E-state index in [-0.39, 0.29) is 35.0 Å². The maximum atomic E-state index is 14.1. The molecule has 2 aliphatic heterocycles. The van der Waals surface area contributed by atoms with Crippen LogP contribution >= 0.6 is 0 Å². The number of imidazole rings is 1. The Balaban J connectivity index is 1.43. The molecular formula is C23H12F6N4O. The number of rotatable bonds is 4. The van der Waals surface area contributed by atoms with Crippen LogP contribution in [0.4, 0.5) is 26.3 Å². The van der Waals surface area contributed by atoms with Crippen LogP contribution in [0.15, 0.2) is 65.4 Å². The molecule has 11 heteroatoms. The van der Waals surface area contributed by atoms with E-state index >= 15 is 0 Å². The molecule has 0 saturated carbocycles. The fourth-order valence-corrected chi connectivity index (χ4v) is 3.52. The van der Waals surface area contributed by atoms with Gasteiger partial charge in [-0.15, -0.1) is 0 Å². The fourth-order valence-electron chi connectivity index (χ4n) is 3.52. The summed E-state index contributed by atoms with van der Waals surface area (Å²) in [7, 11) is 0. The lowest BCUT2D eigenvalue weighted by atomic mass is 10.0. The molecule has 172 valence electrons. The summed E-state index contributed by atoms with van der Waals surface area (Å²) in [5.74, 6) is -2.84. The fraction of sp³-hybridized carbons (Fsp3) is 0.0870. The smallest absolute Gasteiger partial charge is 0.359 e. The van der Waals surface area contributed by atoms with E-state index in [4.69, 9.17) is 4.52 Å². The Bertz CT molecular complexity index is 1470. The first-order valence-electron chi connectivity index (χ1n) is 9.79. The molecule has 0 fully saturated rings. The van der Waals surface area contributed by atoms with Gasteiger partial charge in [0, 0.05) is 24.0 Å². The Kier molecular flexibility index (Phi) is 5.11. The third kappa shape index (κ3) is 4.00. The van der Waals surface area contributed by atoms with Crippen LogP contribution in [0.3, 0.4) is 0 Å². The first-order valence-corrected chi connectivity index (χ1v) is 9.79. The lowest BCUT2D eigenvalue weighted by molar-refractivity contribution is -0.137. The van der Waals surface area contributed by atoms with Gasteiger partial charge in [0.15, 0.2) is 23.2 Å². The summed E-state index contributed by atoms with van der Waals surface area (Å²) in [5.41, 5.74) is -0.824. The summed E-state index contributed by atoms with van der Waals surface area (Å²) < 4.78 is 87.7. The van der Waals surface area contributed by atoms with Gasteiger partial charge in [0.2, 0.25) is 0 Å². The maximum Gasteiger partial charge on any atom is 0.417 e. The van der Waals surface area contributed by atoms with E-state index in [1.165, 1.54) is 18.2 Å². The Morgan fingerprint density at radius 3 is 2.44 bits per heavy atom. The molecule has 0 amide bonds. The van der Waals surface area contributed by atoms with Crippen LogP contribution in [0.2, 0.25) is 0 Å².